The minimum absolute atomic E-state index is 0.0392. The Labute approximate surface area is 239 Å². The predicted octanol–water partition coefficient (Wildman–Crippen LogP) is 5.62. The Hall–Kier alpha value is -3.27. The van der Waals surface area contributed by atoms with E-state index in [-0.39, 0.29) is 18.0 Å². The standard InChI is InChI=1S/C30H24N4O2S3/c1-32-25-24(35)34-26-29(17-30(34,27(32)36)39-28(37)38-25,15-18-16-31-22-13-7-5-11-20(18)22)21-12-6-8-14-23(21)33(26)19-9-3-2-4-10-19/h2-14,16,25-26,31H,15,17H2,1H3/t25-,26-,29?,30?/m1/s1. The van der Waals surface area contributed by atoms with Crippen molar-refractivity contribution in [1.82, 2.24) is 14.8 Å². The van der Waals surface area contributed by atoms with Gasteiger partial charge in [0.05, 0.1) is 0 Å². The highest BCUT2D eigenvalue weighted by atomic mass is 32.2. The molecule has 4 fully saturated rings. The van der Waals surface area contributed by atoms with Gasteiger partial charge in [-0.3, -0.25) is 14.5 Å². The zero-order valence-electron chi connectivity index (χ0n) is 21.0. The third kappa shape index (κ3) is 2.98. The fraction of sp³-hybridized carbons (Fsp3) is 0.233. The number of hydrogen-bond acceptors (Lipinski definition) is 6. The molecule has 4 atom stereocenters. The molecule has 0 radical (unpaired) electrons. The van der Waals surface area contributed by atoms with Gasteiger partial charge in [0.1, 0.15) is 9.69 Å². The number of likely N-dealkylation sites (N-methyl/N-ethyl adjacent to an activating group) is 1. The molecule has 3 aromatic carbocycles. The van der Waals surface area contributed by atoms with E-state index in [0.717, 1.165) is 22.5 Å². The summed E-state index contributed by atoms with van der Waals surface area (Å²) in [7, 11) is 1.74. The molecule has 5 aliphatic heterocycles. The summed E-state index contributed by atoms with van der Waals surface area (Å²) in [5.41, 5.74) is 4.97. The van der Waals surface area contributed by atoms with Crippen molar-refractivity contribution in [1.29, 1.82) is 0 Å². The van der Waals surface area contributed by atoms with Crippen molar-refractivity contribution in [3.8, 4) is 0 Å². The van der Waals surface area contributed by atoms with E-state index in [1.807, 2.05) is 29.2 Å². The number of carbonyl (C=O) groups excluding carboxylic acids is 2. The summed E-state index contributed by atoms with van der Waals surface area (Å²) < 4.78 is 0.648. The summed E-state index contributed by atoms with van der Waals surface area (Å²) in [5, 5.41) is 0.511. The van der Waals surface area contributed by atoms with Crippen molar-refractivity contribution < 1.29 is 9.59 Å². The molecule has 5 aliphatic rings. The van der Waals surface area contributed by atoms with E-state index < -0.39 is 15.7 Å². The monoisotopic (exact) mass is 568 g/mol. The van der Waals surface area contributed by atoms with Crippen LogP contribution in [0.5, 0.6) is 0 Å². The van der Waals surface area contributed by atoms with Crippen LogP contribution < -0.4 is 4.90 Å². The Kier molecular flexibility index (Phi) is 4.92. The lowest BCUT2D eigenvalue weighted by Crippen LogP contribution is -2.68. The van der Waals surface area contributed by atoms with Gasteiger partial charge in [-0.1, -0.05) is 90.3 Å². The van der Waals surface area contributed by atoms with E-state index in [2.05, 4.69) is 70.7 Å². The summed E-state index contributed by atoms with van der Waals surface area (Å²) in [6.07, 6.45) is 2.87. The van der Waals surface area contributed by atoms with Crippen LogP contribution in [0, 0.1) is 0 Å². The molecule has 0 aliphatic carbocycles. The fourth-order valence-corrected chi connectivity index (χ4v) is 10.6. The van der Waals surface area contributed by atoms with E-state index in [4.69, 9.17) is 12.2 Å². The molecule has 194 valence electrons. The number of para-hydroxylation sites is 3. The van der Waals surface area contributed by atoms with Gasteiger partial charge < -0.3 is 14.8 Å². The van der Waals surface area contributed by atoms with Gasteiger partial charge in [-0.15, -0.1) is 0 Å². The molecule has 1 aromatic heterocycles. The number of hydrogen-bond donors (Lipinski definition) is 1. The van der Waals surface area contributed by atoms with Gasteiger partial charge in [-0.2, -0.15) is 0 Å². The molecule has 2 unspecified atom stereocenters. The van der Waals surface area contributed by atoms with E-state index in [0.29, 0.717) is 16.4 Å². The number of aromatic amines is 1. The van der Waals surface area contributed by atoms with Gasteiger partial charge in [-0.05, 0) is 41.8 Å². The first-order valence-electron chi connectivity index (χ1n) is 12.9. The second-order valence-electron chi connectivity index (χ2n) is 10.7. The average Bonchev–Trinajstić information content (AvgIpc) is 3.53. The highest BCUT2D eigenvalue weighted by molar-refractivity contribution is 8.48. The van der Waals surface area contributed by atoms with Crippen molar-refractivity contribution in [3.63, 3.8) is 0 Å². The van der Waals surface area contributed by atoms with Gasteiger partial charge >= 0.3 is 0 Å². The molecular formula is C30H24N4O2S3. The maximum absolute atomic E-state index is 14.4. The number of H-pyrrole nitrogens is 1. The molecule has 9 heteroatoms. The van der Waals surface area contributed by atoms with Crippen molar-refractivity contribution in [2.75, 3.05) is 11.9 Å². The van der Waals surface area contributed by atoms with Crippen LogP contribution in [0.15, 0.2) is 85.1 Å². The Morgan fingerprint density at radius 2 is 1.74 bits per heavy atom. The van der Waals surface area contributed by atoms with Crippen LogP contribution in [0.2, 0.25) is 0 Å². The lowest BCUT2D eigenvalue weighted by molar-refractivity contribution is -0.157. The third-order valence-electron chi connectivity index (χ3n) is 8.76. The number of amides is 2. The topological polar surface area (TPSA) is 59.7 Å². The number of piperazine rings is 1. The van der Waals surface area contributed by atoms with E-state index >= 15 is 0 Å². The van der Waals surface area contributed by atoms with Crippen molar-refractivity contribution in [2.24, 2.45) is 0 Å². The van der Waals surface area contributed by atoms with E-state index in [9.17, 15) is 9.59 Å². The maximum Gasteiger partial charge on any atom is 0.260 e. The molecule has 6 nitrogen and oxygen atoms in total. The highest BCUT2D eigenvalue weighted by Crippen LogP contribution is 2.66. The largest absolute Gasteiger partial charge is 0.361 e. The molecule has 2 bridgehead atoms. The summed E-state index contributed by atoms with van der Waals surface area (Å²) in [4.78, 5) is 36.8. The predicted molar refractivity (Wildman–Crippen MR) is 161 cm³/mol. The minimum atomic E-state index is -1.10. The summed E-state index contributed by atoms with van der Waals surface area (Å²) >= 11 is 8.49. The Bertz CT molecular complexity index is 1710. The number of benzene rings is 3. The SMILES string of the molecule is CN1C(=O)C23CC4(Cc5c[nH]c6ccccc56)c5ccccc5N(c5ccccc5)[C@@H]4N2C(=O)[C@H]1SC(=S)S3. The third-order valence-corrected chi connectivity index (χ3v) is 11.8. The fourth-order valence-electron chi connectivity index (χ4n) is 7.27. The molecule has 0 saturated carbocycles. The second kappa shape index (κ2) is 8.13. The molecule has 6 heterocycles. The number of carbonyl (C=O) groups is 2. The molecule has 4 aromatic rings. The maximum atomic E-state index is 14.4. The number of anilines is 2. The number of rotatable bonds is 3. The quantitative estimate of drug-likeness (QED) is 0.324. The molecule has 9 rings (SSSR count). The van der Waals surface area contributed by atoms with Crippen LogP contribution in [-0.4, -0.2) is 53.6 Å². The minimum Gasteiger partial charge on any atom is -0.361 e. The zero-order valence-corrected chi connectivity index (χ0v) is 23.5. The van der Waals surface area contributed by atoms with Gasteiger partial charge in [0.2, 0.25) is 0 Å². The van der Waals surface area contributed by atoms with Crippen molar-refractivity contribution >= 4 is 73.4 Å². The number of thioether (sulfide) groups is 2. The van der Waals surface area contributed by atoms with Gasteiger partial charge in [0, 0.05) is 47.4 Å². The summed E-state index contributed by atoms with van der Waals surface area (Å²) in [6, 6.07) is 27.0. The van der Waals surface area contributed by atoms with Gasteiger partial charge in [0.15, 0.2) is 10.2 Å². The van der Waals surface area contributed by atoms with Crippen molar-refractivity contribution in [2.45, 2.75) is 34.7 Å². The number of fused-ring (bicyclic) bond motifs is 7. The first-order valence-corrected chi connectivity index (χ1v) is 15.0. The van der Waals surface area contributed by atoms with Crippen LogP contribution in [0.4, 0.5) is 11.4 Å². The summed E-state index contributed by atoms with van der Waals surface area (Å²) in [5.74, 6) is -0.0865. The molecule has 39 heavy (non-hydrogen) atoms. The van der Waals surface area contributed by atoms with Crippen LogP contribution in [0.1, 0.15) is 17.5 Å². The number of nitrogens with zero attached hydrogens (tertiary/aromatic N) is 3. The molecule has 4 saturated heterocycles. The van der Waals surface area contributed by atoms with E-state index in [1.54, 1.807) is 11.9 Å². The first-order chi connectivity index (χ1) is 18.9. The second-order valence-corrected chi connectivity index (χ2v) is 14.3. The number of thiocarbonyl (C=S) groups is 1. The zero-order chi connectivity index (χ0) is 26.5. The number of nitrogens with one attached hydrogen (secondary N) is 1. The van der Waals surface area contributed by atoms with E-state index in [1.165, 1.54) is 34.5 Å². The smallest absolute Gasteiger partial charge is 0.260 e. The molecule has 2 amide bonds. The van der Waals surface area contributed by atoms with Gasteiger partial charge in [-0.25, -0.2) is 0 Å². The van der Waals surface area contributed by atoms with Gasteiger partial charge in [0.25, 0.3) is 11.8 Å². The molecule has 1 N–H and O–H groups in total. The highest BCUT2D eigenvalue weighted by Gasteiger charge is 2.74. The van der Waals surface area contributed by atoms with Crippen molar-refractivity contribution in [3.05, 3.63) is 96.2 Å². The van der Waals surface area contributed by atoms with Crippen LogP contribution in [0.3, 0.4) is 0 Å². The number of aromatic nitrogens is 1. The summed E-state index contributed by atoms with van der Waals surface area (Å²) in [6.45, 7) is 0. The lowest BCUT2D eigenvalue weighted by atomic mass is 9.73. The normalized spacial score (nSPS) is 29.2. The van der Waals surface area contributed by atoms with Crippen LogP contribution in [-0.2, 0) is 21.4 Å². The van der Waals surface area contributed by atoms with Crippen LogP contribution in [0.25, 0.3) is 10.9 Å². The molecular weight excluding hydrogens is 545 g/mol. The Morgan fingerprint density at radius 1 is 1.00 bits per heavy atom. The lowest BCUT2D eigenvalue weighted by Gasteiger charge is -2.47. The Morgan fingerprint density at radius 3 is 2.59 bits per heavy atom. The first kappa shape index (κ1) is 23.6. The Balaban J connectivity index is 1.42. The van der Waals surface area contributed by atoms with Crippen LogP contribution >= 0.6 is 35.7 Å². The average molecular weight is 569 g/mol. The molecule has 1 spiro atoms.